The molecule has 4 nitrogen and oxygen atoms in total. The molecule has 0 bridgehead atoms. The number of nitrogens with zero attached hydrogens (tertiary/aromatic N) is 3. The molecule has 1 saturated heterocycles. The molecule has 0 saturated carbocycles. The van der Waals surface area contributed by atoms with E-state index in [1.54, 1.807) is 11.3 Å². The summed E-state index contributed by atoms with van der Waals surface area (Å²) in [5.74, 6) is 0. The Morgan fingerprint density at radius 2 is 1.94 bits per heavy atom. The van der Waals surface area contributed by atoms with Crippen LogP contribution in [0.3, 0.4) is 0 Å². The van der Waals surface area contributed by atoms with Crippen LogP contribution in [0.5, 0.6) is 0 Å². The molecule has 1 aromatic heterocycles. The second kappa shape index (κ2) is 5.22. The van der Waals surface area contributed by atoms with Crippen LogP contribution in [0.1, 0.15) is 0 Å². The normalized spacial score (nSPS) is 17.5. The van der Waals surface area contributed by atoms with Crippen molar-refractivity contribution < 1.29 is 0 Å². The molecule has 0 atom stereocenters. The molecule has 2 aromatic rings. The smallest absolute Gasteiger partial charge is 0.186 e. The van der Waals surface area contributed by atoms with E-state index in [1.807, 2.05) is 6.07 Å². The van der Waals surface area contributed by atoms with Crippen LogP contribution in [0.25, 0.3) is 10.2 Å². The fourth-order valence-corrected chi connectivity index (χ4v) is 3.36. The van der Waals surface area contributed by atoms with Crippen LogP contribution >= 0.6 is 11.3 Å². The highest BCUT2D eigenvalue weighted by molar-refractivity contribution is 7.22. The Hall–Kier alpha value is -1.17. The summed E-state index contributed by atoms with van der Waals surface area (Å²) in [4.78, 5) is 9.52. The highest BCUT2D eigenvalue weighted by Crippen LogP contribution is 2.28. The van der Waals surface area contributed by atoms with E-state index in [1.165, 1.54) is 4.70 Å². The van der Waals surface area contributed by atoms with Crippen LogP contribution in [-0.2, 0) is 0 Å². The molecular formula is C13H18N4S. The van der Waals surface area contributed by atoms with E-state index in [2.05, 4.69) is 28.0 Å². The number of hydrogen-bond donors (Lipinski definition) is 1. The van der Waals surface area contributed by atoms with Crippen LogP contribution < -0.4 is 10.6 Å². The lowest BCUT2D eigenvalue weighted by Gasteiger charge is -2.34. The third-order valence-corrected chi connectivity index (χ3v) is 4.47. The summed E-state index contributed by atoms with van der Waals surface area (Å²) in [6, 6.07) is 8.34. The third kappa shape index (κ3) is 2.34. The van der Waals surface area contributed by atoms with Crippen LogP contribution in [0.4, 0.5) is 5.13 Å². The zero-order valence-electron chi connectivity index (χ0n) is 10.4. The van der Waals surface area contributed by atoms with Crippen molar-refractivity contribution in [1.29, 1.82) is 0 Å². The first-order valence-electron chi connectivity index (χ1n) is 6.40. The first-order valence-corrected chi connectivity index (χ1v) is 7.21. The maximum absolute atomic E-state index is 5.59. The van der Waals surface area contributed by atoms with Gasteiger partial charge >= 0.3 is 0 Å². The average Bonchev–Trinajstić information content (AvgIpc) is 2.84. The Morgan fingerprint density at radius 1 is 1.17 bits per heavy atom. The predicted molar refractivity (Wildman–Crippen MR) is 77.3 cm³/mol. The summed E-state index contributed by atoms with van der Waals surface area (Å²) in [5, 5.41) is 1.16. The first-order chi connectivity index (χ1) is 8.86. The molecular weight excluding hydrogens is 244 g/mol. The van der Waals surface area contributed by atoms with Crippen molar-refractivity contribution >= 4 is 26.7 Å². The van der Waals surface area contributed by atoms with Crippen LogP contribution in [0.2, 0.25) is 0 Å². The number of benzene rings is 1. The molecule has 1 aromatic carbocycles. The molecule has 1 fully saturated rings. The summed E-state index contributed by atoms with van der Waals surface area (Å²) in [6.45, 7) is 6.05. The van der Waals surface area contributed by atoms with Gasteiger partial charge in [-0.05, 0) is 12.1 Å². The van der Waals surface area contributed by atoms with E-state index < -0.39 is 0 Å². The minimum absolute atomic E-state index is 0.751. The number of rotatable bonds is 3. The molecule has 2 heterocycles. The Bertz CT molecular complexity index is 483. The molecule has 0 spiro atoms. The van der Waals surface area contributed by atoms with Crippen LogP contribution in [-0.4, -0.2) is 49.2 Å². The van der Waals surface area contributed by atoms with E-state index in [-0.39, 0.29) is 0 Å². The predicted octanol–water partition coefficient (Wildman–Crippen LogP) is 1.38. The van der Waals surface area contributed by atoms with Gasteiger partial charge in [0.25, 0.3) is 0 Å². The van der Waals surface area contributed by atoms with Crippen molar-refractivity contribution in [2.75, 3.05) is 44.2 Å². The molecule has 0 amide bonds. The lowest BCUT2D eigenvalue weighted by Crippen LogP contribution is -2.47. The maximum atomic E-state index is 5.59. The van der Waals surface area contributed by atoms with Gasteiger partial charge in [0.1, 0.15) is 0 Å². The topological polar surface area (TPSA) is 45.4 Å². The minimum atomic E-state index is 0.751. The number of aromatic nitrogens is 1. The van der Waals surface area contributed by atoms with Crippen molar-refractivity contribution in [2.24, 2.45) is 5.73 Å². The molecule has 2 N–H and O–H groups in total. The van der Waals surface area contributed by atoms with Gasteiger partial charge in [-0.1, -0.05) is 23.5 Å². The van der Waals surface area contributed by atoms with Gasteiger partial charge in [0, 0.05) is 39.3 Å². The number of anilines is 1. The van der Waals surface area contributed by atoms with Gasteiger partial charge in [0.15, 0.2) is 5.13 Å². The standard InChI is InChI=1S/C13H18N4S/c14-5-6-16-7-9-17(10-8-16)13-15-11-3-1-2-4-12(11)18-13/h1-4H,5-10,14H2. The maximum Gasteiger partial charge on any atom is 0.186 e. The Morgan fingerprint density at radius 3 is 2.67 bits per heavy atom. The van der Waals surface area contributed by atoms with Gasteiger partial charge in [-0.25, -0.2) is 4.98 Å². The van der Waals surface area contributed by atoms with Gasteiger partial charge < -0.3 is 10.6 Å². The summed E-state index contributed by atoms with van der Waals surface area (Å²) >= 11 is 1.79. The SMILES string of the molecule is NCCN1CCN(c2nc3ccccc3s2)CC1. The Labute approximate surface area is 111 Å². The van der Waals surface area contributed by atoms with E-state index in [0.717, 1.165) is 49.9 Å². The molecule has 0 unspecified atom stereocenters. The molecule has 18 heavy (non-hydrogen) atoms. The number of thiazole rings is 1. The molecule has 1 aliphatic rings. The lowest BCUT2D eigenvalue weighted by molar-refractivity contribution is 0.265. The molecule has 0 radical (unpaired) electrons. The zero-order valence-corrected chi connectivity index (χ0v) is 11.2. The van der Waals surface area contributed by atoms with Crippen LogP contribution in [0.15, 0.2) is 24.3 Å². The van der Waals surface area contributed by atoms with Crippen molar-refractivity contribution in [1.82, 2.24) is 9.88 Å². The summed E-state index contributed by atoms with van der Waals surface area (Å²) in [5.41, 5.74) is 6.70. The second-order valence-electron chi connectivity index (χ2n) is 4.58. The number of hydrogen-bond acceptors (Lipinski definition) is 5. The van der Waals surface area contributed by atoms with E-state index in [9.17, 15) is 0 Å². The number of para-hydroxylation sites is 1. The van der Waals surface area contributed by atoms with Gasteiger partial charge in [0.2, 0.25) is 0 Å². The molecule has 0 aliphatic carbocycles. The van der Waals surface area contributed by atoms with Crippen LogP contribution in [0, 0.1) is 0 Å². The molecule has 5 heteroatoms. The van der Waals surface area contributed by atoms with Crippen molar-refractivity contribution in [3.63, 3.8) is 0 Å². The zero-order chi connectivity index (χ0) is 12.4. The van der Waals surface area contributed by atoms with Crippen molar-refractivity contribution in [3.8, 4) is 0 Å². The monoisotopic (exact) mass is 262 g/mol. The highest BCUT2D eigenvalue weighted by atomic mass is 32.1. The van der Waals surface area contributed by atoms with E-state index in [4.69, 9.17) is 10.7 Å². The highest BCUT2D eigenvalue weighted by Gasteiger charge is 2.18. The quantitative estimate of drug-likeness (QED) is 0.907. The fraction of sp³-hybridized carbons (Fsp3) is 0.462. The number of fused-ring (bicyclic) bond motifs is 1. The summed E-state index contributed by atoms with van der Waals surface area (Å²) in [7, 11) is 0. The summed E-state index contributed by atoms with van der Waals surface area (Å²) < 4.78 is 1.27. The van der Waals surface area contributed by atoms with E-state index in [0.29, 0.717) is 0 Å². The molecule has 96 valence electrons. The van der Waals surface area contributed by atoms with Crippen molar-refractivity contribution in [3.05, 3.63) is 24.3 Å². The Balaban J connectivity index is 1.72. The van der Waals surface area contributed by atoms with E-state index >= 15 is 0 Å². The fourth-order valence-electron chi connectivity index (χ4n) is 2.34. The second-order valence-corrected chi connectivity index (χ2v) is 5.59. The number of piperazine rings is 1. The third-order valence-electron chi connectivity index (χ3n) is 3.37. The Kier molecular flexibility index (Phi) is 3.45. The first kappa shape index (κ1) is 11.9. The van der Waals surface area contributed by atoms with Gasteiger partial charge in [-0.2, -0.15) is 0 Å². The average molecular weight is 262 g/mol. The van der Waals surface area contributed by atoms with Gasteiger partial charge in [-0.3, -0.25) is 4.90 Å². The minimum Gasteiger partial charge on any atom is -0.345 e. The van der Waals surface area contributed by atoms with Gasteiger partial charge in [-0.15, -0.1) is 0 Å². The van der Waals surface area contributed by atoms with Gasteiger partial charge in [0.05, 0.1) is 10.2 Å². The summed E-state index contributed by atoms with van der Waals surface area (Å²) in [6.07, 6.45) is 0. The molecule has 1 aliphatic heterocycles. The largest absolute Gasteiger partial charge is 0.345 e. The van der Waals surface area contributed by atoms with Crippen molar-refractivity contribution in [2.45, 2.75) is 0 Å². The molecule has 3 rings (SSSR count). The number of nitrogens with two attached hydrogens (primary N) is 1. The lowest BCUT2D eigenvalue weighted by atomic mass is 10.3.